The van der Waals surface area contributed by atoms with Crippen LogP contribution in [-0.4, -0.2) is 4.98 Å². The second-order valence-electron chi connectivity index (χ2n) is 3.71. The molecule has 0 unspecified atom stereocenters. The van der Waals surface area contributed by atoms with Gasteiger partial charge in [-0.05, 0) is 29.0 Å². The predicted octanol–water partition coefficient (Wildman–Crippen LogP) is 3.50. The van der Waals surface area contributed by atoms with Crippen molar-refractivity contribution >= 4 is 10.8 Å². The van der Waals surface area contributed by atoms with Gasteiger partial charge >= 0.3 is 0 Å². The molecule has 14 heavy (non-hydrogen) atoms. The summed E-state index contributed by atoms with van der Waals surface area (Å²) in [5.74, 6) is 0.206. The molecule has 0 saturated heterocycles. The second kappa shape index (κ2) is 3.37. The molecule has 0 bridgehead atoms. The number of rotatable bonds is 1. The minimum absolute atomic E-state index is 0.197. The zero-order valence-electron chi connectivity index (χ0n) is 8.29. The fourth-order valence-corrected chi connectivity index (χ4v) is 1.68. The number of halogens is 1. The zero-order valence-corrected chi connectivity index (χ0v) is 8.29. The third kappa shape index (κ3) is 1.37. The molecule has 1 nitrogen and oxygen atoms in total. The van der Waals surface area contributed by atoms with Gasteiger partial charge < -0.3 is 0 Å². The molecular weight excluding hydrogens is 177 g/mol. The van der Waals surface area contributed by atoms with Gasteiger partial charge in [0.1, 0.15) is 5.82 Å². The Balaban J connectivity index is 2.82. The van der Waals surface area contributed by atoms with Crippen molar-refractivity contribution in [2.24, 2.45) is 0 Å². The lowest BCUT2D eigenvalue weighted by Gasteiger charge is -2.09. The minimum Gasteiger partial charge on any atom is -0.264 e. The van der Waals surface area contributed by atoms with Crippen molar-refractivity contribution in [3.8, 4) is 0 Å². The molecule has 0 atom stereocenters. The maximum absolute atomic E-state index is 13.4. The smallest absolute Gasteiger partial charge is 0.132 e. The molecule has 0 aliphatic heterocycles. The lowest BCUT2D eigenvalue weighted by molar-refractivity contribution is 0.638. The average Bonchev–Trinajstić information content (AvgIpc) is 2.18. The van der Waals surface area contributed by atoms with Gasteiger partial charge in [-0.1, -0.05) is 19.9 Å². The highest BCUT2D eigenvalue weighted by molar-refractivity contribution is 5.85. The topological polar surface area (TPSA) is 12.9 Å². The average molecular weight is 189 g/mol. The summed E-state index contributed by atoms with van der Waals surface area (Å²) in [5.41, 5.74) is 1.17. The molecule has 0 saturated carbocycles. The van der Waals surface area contributed by atoms with Crippen LogP contribution in [0.1, 0.15) is 25.3 Å². The molecule has 2 aromatic rings. The van der Waals surface area contributed by atoms with E-state index in [1.165, 1.54) is 11.6 Å². The van der Waals surface area contributed by atoms with E-state index < -0.39 is 0 Å². The molecule has 2 heteroatoms. The Morgan fingerprint density at radius 2 is 1.93 bits per heavy atom. The van der Waals surface area contributed by atoms with E-state index in [4.69, 9.17) is 0 Å². The highest BCUT2D eigenvalue weighted by Crippen LogP contribution is 2.26. The van der Waals surface area contributed by atoms with Crippen LogP contribution in [0.25, 0.3) is 10.8 Å². The van der Waals surface area contributed by atoms with Gasteiger partial charge in [0, 0.05) is 17.8 Å². The van der Waals surface area contributed by atoms with Gasteiger partial charge in [0.05, 0.1) is 0 Å². The van der Waals surface area contributed by atoms with Crippen LogP contribution in [0.3, 0.4) is 0 Å². The number of hydrogen-bond donors (Lipinski definition) is 0. The van der Waals surface area contributed by atoms with Crippen molar-refractivity contribution < 1.29 is 4.39 Å². The Morgan fingerprint density at radius 3 is 2.64 bits per heavy atom. The zero-order chi connectivity index (χ0) is 10.1. The van der Waals surface area contributed by atoms with Gasteiger partial charge in [-0.3, -0.25) is 4.98 Å². The molecule has 0 radical (unpaired) electrons. The van der Waals surface area contributed by atoms with Gasteiger partial charge in [0.25, 0.3) is 0 Å². The van der Waals surface area contributed by atoms with Gasteiger partial charge in [-0.15, -0.1) is 0 Å². The standard InChI is InChI=1S/C12H12FN/c1-8(2)9-3-4-12(13)11-7-14-6-5-10(9)11/h3-8H,1-2H3. The molecule has 0 aliphatic carbocycles. The molecule has 0 fully saturated rings. The van der Waals surface area contributed by atoms with E-state index in [0.29, 0.717) is 11.3 Å². The Labute approximate surface area is 82.6 Å². The summed E-state index contributed by atoms with van der Waals surface area (Å²) in [5, 5.41) is 1.58. The molecule has 1 heterocycles. The third-order valence-corrected chi connectivity index (χ3v) is 2.42. The minimum atomic E-state index is -0.197. The first kappa shape index (κ1) is 9.13. The molecule has 0 aliphatic rings. The van der Waals surface area contributed by atoms with Crippen LogP contribution in [0.4, 0.5) is 4.39 Å². The van der Waals surface area contributed by atoms with Crippen LogP contribution in [0.15, 0.2) is 30.6 Å². The summed E-state index contributed by atoms with van der Waals surface area (Å²) >= 11 is 0. The maximum atomic E-state index is 13.4. The Hall–Kier alpha value is -1.44. The summed E-state index contributed by atoms with van der Waals surface area (Å²) in [6, 6.07) is 5.23. The van der Waals surface area contributed by atoms with Crippen LogP contribution in [-0.2, 0) is 0 Å². The number of benzene rings is 1. The number of aromatic nitrogens is 1. The molecule has 1 aromatic heterocycles. The van der Waals surface area contributed by atoms with E-state index in [0.717, 1.165) is 5.39 Å². The maximum Gasteiger partial charge on any atom is 0.132 e. The SMILES string of the molecule is CC(C)c1ccc(F)c2cnccc12. The number of nitrogens with zero attached hydrogens (tertiary/aromatic N) is 1. The van der Waals surface area contributed by atoms with Crippen molar-refractivity contribution in [1.29, 1.82) is 0 Å². The highest BCUT2D eigenvalue weighted by Gasteiger charge is 2.07. The van der Waals surface area contributed by atoms with Crippen molar-refractivity contribution in [3.63, 3.8) is 0 Å². The number of fused-ring (bicyclic) bond motifs is 1. The van der Waals surface area contributed by atoms with E-state index in [9.17, 15) is 4.39 Å². The lowest BCUT2D eigenvalue weighted by atomic mass is 9.97. The highest BCUT2D eigenvalue weighted by atomic mass is 19.1. The Morgan fingerprint density at radius 1 is 1.14 bits per heavy atom. The van der Waals surface area contributed by atoms with Crippen LogP contribution >= 0.6 is 0 Å². The van der Waals surface area contributed by atoms with Crippen molar-refractivity contribution in [2.75, 3.05) is 0 Å². The van der Waals surface area contributed by atoms with Gasteiger partial charge in [-0.25, -0.2) is 4.39 Å². The molecule has 72 valence electrons. The fraction of sp³-hybridized carbons (Fsp3) is 0.250. The third-order valence-electron chi connectivity index (χ3n) is 2.42. The van der Waals surface area contributed by atoms with Crippen molar-refractivity contribution in [1.82, 2.24) is 4.98 Å². The van der Waals surface area contributed by atoms with E-state index in [1.807, 2.05) is 12.1 Å². The van der Waals surface area contributed by atoms with Gasteiger partial charge in [0.15, 0.2) is 0 Å². The fourth-order valence-electron chi connectivity index (χ4n) is 1.68. The first-order valence-corrected chi connectivity index (χ1v) is 4.72. The molecule has 0 amide bonds. The Bertz CT molecular complexity index is 463. The van der Waals surface area contributed by atoms with Crippen LogP contribution in [0.5, 0.6) is 0 Å². The van der Waals surface area contributed by atoms with Crippen molar-refractivity contribution in [2.45, 2.75) is 19.8 Å². The van der Waals surface area contributed by atoms with Gasteiger partial charge in [-0.2, -0.15) is 0 Å². The van der Waals surface area contributed by atoms with Crippen LogP contribution in [0, 0.1) is 5.82 Å². The first-order chi connectivity index (χ1) is 6.70. The summed E-state index contributed by atoms with van der Waals surface area (Å²) in [7, 11) is 0. The quantitative estimate of drug-likeness (QED) is 0.669. The monoisotopic (exact) mass is 189 g/mol. The summed E-state index contributed by atoms with van der Waals surface area (Å²) in [6.45, 7) is 4.21. The Kier molecular flexibility index (Phi) is 2.20. The summed E-state index contributed by atoms with van der Waals surface area (Å²) in [6.07, 6.45) is 3.28. The normalized spacial score (nSPS) is 11.1. The van der Waals surface area contributed by atoms with E-state index >= 15 is 0 Å². The number of pyridine rings is 1. The van der Waals surface area contributed by atoms with E-state index in [2.05, 4.69) is 18.8 Å². The van der Waals surface area contributed by atoms with Crippen LogP contribution < -0.4 is 0 Å². The second-order valence-corrected chi connectivity index (χ2v) is 3.71. The van der Waals surface area contributed by atoms with Gasteiger partial charge in [0.2, 0.25) is 0 Å². The van der Waals surface area contributed by atoms with Crippen LogP contribution in [0.2, 0.25) is 0 Å². The predicted molar refractivity (Wildman–Crippen MR) is 55.8 cm³/mol. The molecule has 0 N–H and O–H groups in total. The lowest BCUT2D eigenvalue weighted by Crippen LogP contribution is -1.91. The number of hydrogen-bond acceptors (Lipinski definition) is 1. The van der Waals surface area contributed by atoms with Crippen molar-refractivity contribution in [3.05, 3.63) is 42.0 Å². The molecular formula is C12H12FN. The molecule has 0 spiro atoms. The summed E-state index contributed by atoms with van der Waals surface area (Å²) in [4.78, 5) is 3.93. The molecule has 1 aromatic carbocycles. The largest absolute Gasteiger partial charge is 0.264 e. The van der Waals surface area contributed by atoms with E-state index in [-0.39, 0.29) is 5.82 Å². The summed E-state index contributed by atoms with van der Waals surface area (Å²) < 4.78 is 13.4. The molecule has 2 rings (SSSR count). The van der Waals surface area contributed by atoms with E-state index in [1.54, 1.807) is 12.4 Å². The first-order valence-electron chi connectivity index (χ1n) is 4.72.